The first-order valence-electron chi connectivity index (χ1n) is 10.3. The number of para-hydroxylation sites is 2. The molecule has 8 nitrogen and oxygen atoms in total. The average Bonchev–Trinajstić information content (AvgIpc) is 2.84. The second-order valence-corrected chi connectivity index (χ2v) is 10.5. The van der Waals surface area contributed by atoms with Crippen LogP contribution in [0.15, 0.2) is 77.7 Å². The van der Waals surface area contributed by atoms with E-state index in [0.717, 1.165) is 16.4 Å². The number of amides is 1. The highest BCUT2D eigenvalue weighted by Crippen LogP contribution is 2.29. The molecule has 3 aromatic carbocycles. The minimum atomic E-state index is -4.44. The normalized spacial score (nSPS) is 11.1. The third kappa shape index (κ3) is 6.71. The zero-order valence-electron chi connectivity index (χ0n) is 18.3. The SMILES string of the molecule is O=C(CN(c1ccccc1)S(=O)(=O)c1ccccc1[N+](=O)[O-])NCCSCc1c(F)cccc1Cl. The molecular formula is C23H21ClFN3O5S2. The van der Waals surface area contributed by atoms with Gasteiger partial charge in [0.05, 0.1) is 10.6 Å². The van der Waals surface area contributed by atoms with Gasteiger partial charge in [-0.3, -0.25) is 19.2 Å². The molecule has 0 aromatic heterocycles. The van der Waals surface area contributed by atoms with Crippen LogP contribution in [0.4, 0.5) is 15.8 Å². The second-order valence-electron chi connectivity index (χ2n) is 7.17. The standard InChI is InChI=1S/C23H21ClFN3O5S2/c24-19-9-6-10-20(25)18(19)16-34-14-13-26-23(29)15-27(17-7-2-1-3-8-17)35(32,33)22-12-5-4-11-21(22)28(30)31/h1-12H,13-16H2,(H,26,29). The number of benzene rings is 3. The van der Waals surface area contributed by atoms with Crippen molar-refractivity contribution in [2.75, 3.05) is 23.1 Å². The molecule has 0 saturated carbocycles. The molecule has 0 fully saturated rings. The number of hydrogen-bond donors (Lipinski definition) is 1. The van der Waals surface area contributed by atoms with E-state index in [4.69, 9.17) is 11.6 Å². The summed E-state index contributed by atoms with van der Waals surface area (Å²) in [5.41, 5.74) is -0.0299. The van der Waals surface area contributed by atoms with Gasteiger partial charge in [0.1, 0.15) is 12.4 Å². The van der Waals surface area contributed by atoms with Crippen molar-refractivity contribution < 1.29 is 22.5 Å². The molecule has 184 valence electrons. The Labute approximate surface area is 211 Å². The van der Waals surface area contributed by atoms with Crippen molar-refractivity contribution in [1.29, 1.82) is 0 Å². The molecule has 0 radical (unpaired) electrons. The van der Waals surface area contributed by atoms with E-state index in [1.807, 2.05) is 0 Å². The van der Waals surface area contributed by atoms with Gasteiger partial charge in [0.2, 0.25) is 5.91 Å². The van der Waals surface area contributed by atoms with Gasteiger partial charge in [0, 0.05) is 34.7 Å². The lowest BCUT2D eigenvalue weighted by Crippen LogP contribution is -2.41. The zero-order valence-corrected chi connectivity index (χ0v) is 20.7. The summed E-state index contributed by atoms with van der Waals surface area (Å²) in [5, 5.41) is 14.4. The van der Waals surface area contributed by atoms with Crippen molar-refractivity contribution in [1.82, 2.24) is 5.32 Å². The van der Waals surface area contributed by atoms with Gasteiger partial charge in [0.25, 0.3) is 15.7 Å². The van der Waals surface area contributed by atoms with Gasteiger partial charge in [-0.05, 0) is 30.3 Å². The van der Waals surface area contributed by atoms with E-state index in [0.29, 0.717) is 22.1 Å². The molecule has 3 aromatic rings. The molecule has 0 aliphatic carbocycles. The van der Waals surface area contributed by atoms with Crippen LogP contribution in [-0.4, -0.2) is 38.1 Å². The van der Waals surface area contributed by atoms with E-state index < -0.39 is 43.8 Å². The van der Waals surface area contributed by atoms with Crippen LogP contribution in [0.5, 0.6) is 0 Å². The number of sulfonamides is 1. The van der Waals surface area contributed by atoms with Crippen molar-refractivity contribution in [3.63, 3.8) is 0 Å². The van der Waals surface area contributed by atoms with Crippen LogP contribution in [0.1, 0.15) is 5.56 Å². The number of rotatable bonds is 11. The summed E-state index contributed by atoms with van der Waals surface area (Å²) in [6, 6.07) is 17.3. The number of carbonyl (C=O) groups is 1. The van der Waals surface area contributed by atoms with E-state index in [1.165, 1.54) is 48.2 Å². The number of nitro benzene ring substituents is 1. The quantitative estimate of drug-likeness (QED) is 0.217. The smallest absolute Gasteiger partial charge is 0.289 e. The lowest BCUT2D eigenvalue weighted by atomic mass is 10.2. The fourth-order valence-corrected chi connectivity index (χ4v) is 5.93. The number of thioether (sulfide) groups is 1. The molecule has 1 amide bonds. The molecule has 0 saturated heterocycles. The highest BCUT2D eigenvalue weighted by atomic mass is 35.5. The molecule has 0 spiro atoms. The lowest BCUT2D eigenvalue weighted by Gasteiger charge is -2.24. The van der Waals surface area contributed by atoms with Gasteiger partial charge < -0.3 is 5.32 Å². The molecule has 3 rings (SSSR count). The molecule has 0 atom stereocenters. The second kappa shape index (κ2) is 12.0. The number of nitrogens with one attached hydrogen (secondary N) is 1. The topological polar surface area (TPSA) is 110 Å². The molecule has 0 aliphatic rings. The highest BCUT2D eigenvalue weighted by Gasteiger charge is 2.32. The summed E-state index contributed by atoms with van der Waals surface area (Å²) in [6.07, 6.45) is 0. The predicted molar refractivity (Wildman–Crippen MR) is 135 cm³/mol. The van der Waals surface area contributed by atoms with Crippen LogP contribution in [0.2, 0.25) is 5.02 Å². The van der Waals surface area contributed by atoms with Gasteiger partial charge in [0.15, 0.2) is 4.90 Å². The van der Waals surface area contributed by atoms with E-state index in [9.17, 15) is 27.7 Å². The van der Waals surface area contributed by atoms with Crippen molar-refractivity contribution in [3.05, 3.63) is 99.3 Å². The summed E-state index contributed by atoms with van der Waals surface area (Å²) >= 11 is 7.36. The van der Waals surface area contributed by atoms with E-state index in [1.54, 1.807) is 24.3 Å². The maximum Gasteiger partial charge on any atom is 0.289 e. The maximum atomic E-state index is 13.9. The van der Waals surface area contributed by atoms with E-state index in [2.05, 4.69) is 5.32 Å². The average molecular weight is 538 g/mol. The fourth-order valence-electron chi connectivity index (χ4n) is 3.15. The van der Waals surface area contributed by atoms with Crippen LogP contribution in [0.3, 0.4) is 0 Å². The Kier molecular flexibility index (Phi) is 9.07. The number of anilines is 1. The Hall–Kier alpha value is -3.15. The summed E-state index contributed by atoms with van der Waals surface area (Å²) in [4.78, 5) is 22.7. The predicted octanol–water partition coefficient (Wildman–Crippen LogP) is 4.63. The van der Waals surface area contributed by atoms with Crippen LogP contribution in [-0.2, 0) is 20.6 Å². The molecule has 12 heteroatoms. The number of halogens is 2. The van der Waals surface area contributed by atoms with Crippen molar-refractivity contribution >= 4 is 50.7 Å². The van der Waals surface area contributed by atoms with Crippen LogP contribution in [0, 0.1) is 15.9 Å². The summed E-state index contributed by atoms with van der Waals surface area (Å²) < 4.78 is 41.4. The van der Waals surface area contributed by atoms with Gasteiger partial charge in [-0.2, -0.15) is 11.8 Å². The van der Waals surface area contributed by atoms with Crippen LogP contribution >= 0.6 is 23.4 Å². The minimum Gasteiger partial charge on any atom is -0.354 e. The summed E-state index contributed by atoms with van der Waals surface area (Å²) in [6.45, 7) is -0.383. The monoisotopic (exact) mass is 537 g/mol. The fraction of sp³-hybridized carbons (Fsp3) is 0.174. The number of nitro groups is 1. The van der Waals surface area contributed by atoms with Gasteiger partial charge >= 0.3 is 0 Å². The van der Waals surface area contributed by atoms with Gasteiger partial charge in [-0.25, -0.2) is 12.8 Å². The zero-order chi connectivity index (χ0) is 25.4. The van der Waals surface area contributed by atoms with Crippen molar-refractivity contribution in [2.24, 2.45) is 0 Å². The first-order valence-corrected chi connectivity index (χ1v) is 13.3. The molecule has 1 N–H and O–H groups in total. The summed E-state index contributed by atoms with van der Waals surface area (Å²) in [5.74, 6) is -0.268. The first kappa shape index (κ1) is 26.5. The summed E-state index contributed by atoms with van der Waals surface area (Å²) in [7, 11) is -4.44. The van der Waals surface area contributed by atoms with Crippen LogP contribution in [0.25, 0.3) is 0 Å². The Morgan fingerprint density at radius 3 is 2.43 bits per heavy atom. The number of nitrogens with zero attached hydrogens (tertiary/aromatic N) is 2. The molecule has 0 heterocycles. The molecule has 0 bridgehead atoms. The van der Waals surface area contributed by atoms with E-state index in [-0.39, 0.29) is 12.2 Å². The molecule has 0 aliphatic heterocycles. The van der Waals surface area contributed by atoms with Gasteiger partial charge in [-0.1, -0.05) is 48.0 Å². The van der Waals surface area contributed by atoms with Crippen molar-refractivity contribution in [2.45, 2.75) is 10.6 Å². The maximum absolute atomic E-state index is 13.9. The van der Waals surface area contributed by atoms with Gasteiger partial charge in [-0.15, -0.1) is 0 Å². The Morgan fingerprint density at radius 2 is 1.74 bits per heavy atom. The first-order chi connectivity index (χ1) is 16.7. The Balaban J connectivity index is 1.69. The number of carbonyl (C=O) groups excluding carboxylic acids is 1. The largest absolute Gasteiger partial charge is 0.354 e. The third-order valence-corrected chi connectivity index (χ3v) is 8.00. The Bertz CT molecular complexity index is 1290. The van der Waals surface area contributed by atoms with E-state index >= 15 is 0 Å². The number of hydrogen-bond acceptors (Lipinski definition) is 6. The van der Waals surface area contributed by atoms with Crippen molar-refractivity contribution in [3.8, 4) is 0 Å². The molecule has 0 unspecified atom stereocenters. The lowest BCUT2D eigenvalue weighted by molar-refractivity contribution is -0.387. The third-order valence-electron chi connectivity index (χ3n) is 4.84. The highest BCUT2D eigenvalue weighted by molar-refractivity contribution is 7.98. The minimum absolute atomic E-state index is 0.185. The molecular weight excluding hydrogens is 517 g/mol. The molecule has 35 heavy (non-hydrogen) atoms. The Morgan fingerprint density at radius 1 is 1.06 bits per heavy atom. The van der Waals surface area contributed by atoms with Crippen LogP contribution < -0.4 is 9.62 Å².